The molecule has 0 aliphatic heterocycles. The number of hydrogen-bond donors (Lipinski definition) is 3. The highest BCUT2D eigenvalue weighted by Crippen LogP contribution is 2.27. The van der Waals surface area contributed by atoms with Crippen LogP contribution in [0.15, 0.2) is 47.6 Å². The number of nitrogens with one attached hydrogen (secondary N) is 3. The molecule has 10 nitrogen and oxygen atoms in total. The van der Waals surface area contributed by atoms with E-state index in [1.54, 1.807) is 25.3 Å². The number of methoxy groups -OCH3 is 2. The molecule has 0 fully saturated rings. The first-order chi connectivity index (χ1) is 16.5. The summed E-state index contributed by atoms with van der Waals surface area (Å²) in [5, 5.41) is 9.08. The van der Waals surface area contributed by atoms with E-state index in [0.717, 1.165) is 17.7 Å². The van der Waals surface area contributed by atoms with Crippen LogP contribution in [0.5, 0.6) is 11.5 Å². The number of para-hydroxylation sites is 1. The highest BCUT2D eigenvalue weighted by atomic mass is 16.5. The number of hydrazone groups is 1. The van der Waals surface area contributed by atoms with Gasteiger partial charge in [-0.3, -0.25) is 14.4 Å². The maximum atomic E-state index is 12.3. The van der Waals surface area contributed by atoms with Gasteiger partial charge in [-0.1, -0.05) is 25.1 Å². The SMILES string of the molecule is CCc1ccccc1NC(=O)COc1ccc(/C=N\NC(=O)C(=O)NCCCOC)cc1OC. The molecule has 0 saturated heterocycles. The molecule has 0 heterocycles. The van der Waals surface area contributed by atoms with Crippen LogP contribution >= 0.6 is 0 Å². The zero-order valence-corrected chi connectivity index (χ0v) is 19.6. The standard InChI is InChI=1S/C24H30N4O6/c1-4-18-8-5-6-9-19(18)27-22(29)16-34-20-11-10-17(14-21(20)33-3)15-26-28-24(31)23(30)25-12-7-13-32-2/h5-6,8-11,14-15H,4,7,12-13,16H2,1-3H3,(H,25,30)(H,27,29)(H,28,31)/b26-15-. The molecule has 3 N–H and O–H groups in total. The van der Waals surface area contributed by atoms with Crippen molar-refractivity contribution in [3.8, 4) is 11.5 Å². The molecule has 0 aliphatic rings. The molecule has 34 heavy (non-hydrogen) atoms. The average Bonchev–Trinajstić information content (AvgIpc) is 2.85. The summed E-state index contributed by atoms with van der Waals surface area (Å²) in [6.45, 7) is 2.63. The van der Waals surface area contributed by atoms with Crippen molar-refractivity contribution >= 4 is 29.6 Å². The molecule has 0 atom stereocenters. The Balaban J connectivity index is 1.88. The number of rotatable bonds is 12. The lowest BCUT2D eigenvalue weighted by Crippen LogP contribution is -2.38. The average molecular weight is 471 g/mol. The number of aryl methyl sites for hydroxylation is 1. The molecule has 0 radical (unpaired) electrons. The Bertz CT molecular complexity index is 1010. The molecule has 0 aliphatic carbocycles. The number of hydrogen-bond acceptors (Lipinski definition) is 7. The first-order valence-corrected chi connectivity index (χ1v) is 10.8. The number of nitrogens with zero attached hydrogens (tertiary/aromatic N) is 1. The van der Waals surface area contributed by atoms with Gasteiger partial charge in [0.2, 0.25) is 0 Å². The third-order valence-electron chi connectivity index (χ3n) is 4.62. The van der Waals surface area contributed by atoms with Gasteiger partial charge in [0.1, 0.15) is 0 Å². The normalized spacial score (nSPS) is 10.6. The summed E-state index contributed by atoms with van der Waals surface area (Å²) in [6.07, 6.45) is 2.76. The van der Waals surface area contributed by atoms with Gasteiger partial charge in [-0.15, -0.1) is 0 Å². The third-order valence-corrected chi connectivity index (χ3v) is 4.62. The summed E-state index contributed by atoms with van der Waals surface area (Å²) in [5.41, 5.74) is 4.54. The van der Waals surface area contributed by atoms with Gasteiger partial charge in [-0.2, -0.15) is 5.10 Å². The van der Waals surface area contributed by atoms with Crippen molar-refractivity contribution in [2.24, 2.45) is 5.10 Å². The Kier molecular flexibility index (Phi) is 11.1. The van der Waals surface area contributed by atoms with Crippen molar-refractivity contribution in [2.75, 3.05) is 39.3 Å². The summed E-state index contributed by atoms with van der Waals surface area (Å²) < 4.78 is 15.8. The van der Waals surface area contributed by atoms with Gasteiger partial charge in [0.15, 0.2) is 18.1 Å². The second-order valence-electron chi connectivity index (χ2n) is 7.06. The zero-order valence-electron chi connectivity index (χ0n) is 19.6. The fourth-order valence-electron chi connectivity index (χ4n) is 2.88. The van der Waals surface area contributed by atoms with Gasteiger partial charge in [0, 0.05) is 25.9 Å². The minimum Gasteiger partial charge on any atom is -0.493 e. The first kappa shape index (κ1) is 26.3. The lowest BCUT2D eigenvalue weighted by molar-refractivity contribution is -0.139. The molecule has 3 amide bonds. The van der Waals surface area contributed by atoms with Gasteiger partial charge >= 0.3 is 11.8 Å². The van der Waals surface area contributed by atoms with Crippen LogP contribution in [-0.4, -0.2) is 57.9 Å². The summed E-state index contributed by atoms with van der Waals surface area (Å²) in [7, 11) is 3.03. The quantitative estimate of drug-likeness (QED) is 0.188. The Labute approximate surface area is 198 Å². The Morgan fingerprint density at radius 3 is 2.56 bits per heavy atom. The number of benzene rings is 2. The van der Waals surface area contributed by atoms with Crippen LogP contribution in [-0.2, 0) is 25.5 Å². The van der Waals surface area contributed by atoms with E-state index in [2.05, 4.69) is 21.2 Å². The van der Waals surface area contributed by atoms with Gasteiger partial charge < -0.3 is 24.8 Å². The molecule has 0 unspecified atom stereocenters. The molecule has 10 heteroatoms. The summed E-state index contributed by atoms with van der Waals surface area (Å²) in [4.78, 5) is 35.7. The Morgan fingerprint density at radius 2 is 1.82 bits per heavy atom. The molecule has 2 rings (SSSR count). The Hall–Kier alpha value is -3.92. The summed E-state index contributed by atoms with van der Waals surface area (Å²) in [6, 6.07) is 12.5. The fourth-order valence-corrected chi connectivity index (χ4v) is 2.88. The first-order valence-electron chi connectivity index (χ1n) is 10.8. The van der Waals surface area contributed by atoms with Crippen molar-refractivity contribution in [3.63, 3.8) is 0 Å². The van der Waals surface area contributed by atoms with Crippen LogP contribution in [0.3, 0.4) is 0 Å². The van der Waals surface area contributed by atoms with Crippen LogP contribution < -0.4 is 25.5 Å². The van der Waals surface area contributed by atoms with E-state index >= 15 is 0 Å². The number of carbonyl (C=O) groups is 3. The molecule has 2 aromatic carbocycles. The predicted molar refractivity (Wildman–Crippen MR) is 128 cm³/mol. The highest BCUT2D eigenvalue weighted by Gasteiger charge is 2.12. The van der Waals surface area contributed by atoms with E-state index in [1.807, 2.05) is 31.2 Å². The van der Waals surface area contributed by atoms with Gasteiger partial charge in [-0.25, -0.2) is 5.43 Å². The van der Waals surface area contributed by atoms with Crippen LogP contribution in [0.2, 0.25) is 0 Å². The van der Waals surface area contributed by atoms with E-state index in [1.165, 1.54) is 13.3 Å². The van der Waals surface area contributed by atoms with Crippen molar-refractivity contribution in [2.45, 2.75) is 19.8 Å². The van der Waals surface area contributed by atoms with Crippen LogP contribution in [0.1, 0.15) is 24.5 Å². The lowest BCUT2D eigenvalue weighted by atomic mass is 10.1. The highest BCUT2D eigenvalue weighted by molar-refractivity contribution is 6.35. The third kappa shape index (κ3) is 8.55. The number of carbonyl (C=O) groups excluding carboxylic acids is 3. The second kappa shape index (κ2) is 14.3. The lowest BCUT2D eigenvalue weighted by Gasteiger charge is -2.13. The molecule has 2 aromatic rings. The second-order valence-corrected chi connectivity index (χ2v) is 7.06. The summed E-state index contributed by atoms with van der Waals surface area (Å²) >= 11 is 0. The van der Waals surface area contributed by atoms with Crippen molar-refractivity contribution < 1.29 is 28.6 Å². The molecular weight excluding hydrogens is 440 g/mol. The minimum absolute atomic E-state index is 0.197. The van der Waals surface area contributed by atoms with Crippen molar-refractivity contribution in [1.29, 1.82) is 0 Å². The van der Waals surface area contributed by atoms with Crippen LogP contribution in [0, 0.1) is 0 Å². The topological polar surface area (TPSA) is 127 Å². The maximum absolute atomic E-state index is 12.3. The number of amides is 3. The smallest absolute Gasteiger partial charge is 0.329 e. The van der Waals surface area contributed by atoms with E-state index in [4.69, 9.17) is 14.2 Å². The largest absolute Gasteiger partial charge is 0.493 e. The molecule has 0 saturated carbocycles. The molecule has 182 valence electrons. The van der Waals surface area contributed by atoms with Crippen molar-refractivity contribution in [3.05, 3.63) is 53.6 Å². The molecule has 0 aromatic heterocycles. The number of anilines is 1. The molecular formula is C24H30N4O6. The molecule has 0 spiro atoms. The van der Waals surface area contributed by atoms with Crippen molar-refractivity contribution in [1.82, 2.24) is 10.7 Å². The molecule has 0 bridgehead atoms. The van der Waals surface area contributed by atoms with Crippen LogP contribution in [0.25, 0.3) is 0 Å². The minimum atomic E-state index is -0.878. The van der Waals surface area contributed by atoms with E-state index < -0.39 is 11.8 Å². The Morgan fingerprint density at radius 1 is 1.03 bits per heavy atom. The fraction of sp³-hybridized carbons (Fsp3) is 0.333. The van der Waals surface area contributed by atoms with Crippen LogP contribution in [0.4, 0.5) is 5.69 Å². The van der Waals surface area contributed by atoms with Gasteiger partial charge in [-0.05, 0) is 48.2 Å². The van der Waals surface area contributed by atoms with E-state index in [9.17, 15) is 14.4 Å². The monoisotopic (exact) mass is 470 g/mol. The predicted octanol–water partition coefficient (Wildman–Crippen LogP) is 1.88. The zero-order chi connectivity index (χ0) is 24.8. The summed E-state index contributed by atoms with van der Waals surface area (Å²) in [5.74, 6) is -1.20. The van der Waals surface area contributed by atoms with Gasteiger partial charge in [0.25, 0.3) is 5.91 Å². The van der Waals surface area contributed by atoms with E-state index in [-0.39, 0.29) is 12.5 Å². The van der Waals surface area contributed by atoms with Gasteiger partial charge in [0.05, 0.1) is 13.3 Å². The number of ether oxygens (including phenoxy) is 3. The van der Waals surface area contributed by atoms with E-state index in [0.29, 0.717) is 36.6 Å². The maximum Gasteiger partial charge on any atom is 0.329 e.